The molecule has 0 aliphatic rings. The van der Waals surface area contributed by atoms with E-state index in [0.717, 1.165) is 30.9 Å². The van der Waals surface area contributed by atoms with Crippen molar-refractivity contribution in [1.29, 1.82) is 0 Å². The lowest BCUT2D eigenvalue weighted by atomic mass is 10.1. The Kier molecular flexibility index (Phi) is 8.14. The number of ether oxygens (including phenoxy) is 1. The Morgan fingerprint density at radius 2 is 1.76 bits per heavy atom. The first-order valence-electron chi connectivity index (χ1n) is 8.12. The third-order valence-electron chi connectivity index (χ3n) is 3.25. The molecular formula is C19H31NO. The van der Waals surface area contributed by atoms with Crippen LogP contribution in [0.15, 0.2) is 30.3 Å². The highest BCUT2D eigenvalue weighted by Gasteiger charge is 2.06. The van der Waals surface area contributed by atoms with Gasteiger partial charge in [-0.1, -0.05) is 43.2 Å². The van der Waals surface area contributed by atoms with Crippen molar-refractivity contribution in [3.8, 4) is 5.75 Å². The summed E-state index contributed by atoms with van der Waals surface area (Å²) in [6, 6.07) is 8.21. The normalized spacial score (nSPS) is 12.0. The van der Waals surface area contributed by atoms with E-state index in [1.165, 1.54) is 19.3 Å². The number of allylic oxidation sites excluding steroid dienone is 1. The molecule has 0 atom stereocenters. The molecule has 0 fully saturated rings. The van der Waals surface area contributed by atoms with Gasteiger partial charge in [-0.15, -0.1) is 0 Å². The van der Waals surface area contributed by atoms with Crippen LogP contribution >= 0.6 is 0 Å². The molecule has 0 spiro atoms. The number of rotatable bonds is 9. The molecule has 0 aromatic heterocycles. The van der Waals surface area contributed by atoms with Crippen LogP contribution < -0.4 is 10.1 Å². The molecule has 0 aliphatic heterocycles. The van der Waals surface area contributed by atoms with E-state index in [1.54, 1.807) is 0 Å². The first kappa shape index (κ1) is 17.8. The van der Waals surface area contributed by atoms with Gasteiger partial charge < -0.3 is 10.1 Å². The zero-order valence-corrected chi connectivity index (χ0v) is 14.1. The Morgan fingerprint density at radius 3 is 2.48 bits per heavy atom. The smallest absolute Gasteiger partial charge is 0.126 e. The van der Waals surface area contributed by atoms with Gasteiger partial charge in [0.2, 0.25) is 0 Å². The average molecular weight is 289 g/mol. The fraction of sp³-hybridized carbons (Fsp3) is 0.579. The van der Waals surface area contributed by atoms with Crippen LogP contribution in [0.25, 0.3) is 6.08 Å². The summed E-state index contributed by atoms with van der Waals surface area (Å²) in [5.74, 6) is 0.991. The van der Waals surface area contributed by atoms with Crippen molar-refractivity contribution < 1.29 is 4.74 Å². The van der Waals surface area contributed by atoms with Gasteiger partial charge in [0.05, 0.1) is 6.61 Å². The third-order valence-corrected chi connectivity index (χ3v) is 3.25. The number of unbranched alkanes of at least 4 members (excludes halogenated alkanes) is 3. The Bertz CT molecular complexity index is 418. The van der Waals surface area contributed by atoms with E-state index in [-0.39, 0.29) is 5.54 Å². The van der Waals surface area contributed by atoms with Gasteiger partial charge in [0.25, 0.3) is 0 Å². The van der Waals surface area contributed by atoms with Crippen LogP contribution in [-0.2, 0) is 0 Å². The molecule has 0 heterocycles. The van der Waals surface area contributed by atoms with Gasteiger partial charge in [-0.05, 0) is 53.1 Å². The van der Waals surface area contributed by atoms with Crippen molar-refractivity contribution in [2.45, 2.75) is 58.9 Å². The van der Waals surface area contributed by atoms with Crippen molar-refractivity contribution in [3.05, 3.63) is 35.9 Å². The molecule has 118 valence electrons. The van der Waals surface area contributed by atoms with E-state index in [9.17, 15) is 0 Å². The van der Waals surface area contributed by atoms with Crippen LogP contribution in [0, 0.1) is 0 Å². The predicted octanol–water partition coefficient (Wildman–Crippen LogP) is 5.05. The van der Waals surface area contributed by atoms with Crippen molar-refractivity contribution in [1.82, 2.24) is 5.32 Å². The third kappa shape index (κ3) is 8.56. The Morgan fingerprint density at radius 1 is 1.05 bits per heavy atom. The zero-order valence-electron chi connectivity index (χ0n) is 14.1. The molecule has 0 amide bonds. The quantitative estimate of drug-likeness (QED) is 0.642. The number of benzene rings is 1. The van der Waals surface area contributed by atoms with Crippen molar-refractivity contribution in [2.75, 3.05) is 13.2 Å². The Labute approximate surface area is 130 Å². The van der Waals surface area contributed by atoms with Crippen molar-refractivity contribution in [3.63, 3.8) is 0 Å². The van der Waals surface area contributed by atoms with Crippen LogP contribution in [-0.4, -0.2) is 18.7 Å². The summed E-state index contributed by atoms with van der Waals surface area (Å²) < 4.78 is 5.88. The summed E-state index contributed by atoms with van der Waals surface area (Å²) in [4.78, 5) is 0. The molecule has 0 saturated carbocycles. The summed E-state index contributed by atoms with van der Waals surface area (Å²) in [6.45, 7) is 10.6. The minimum absolute atomic E-state index is 0.236. The van der Waals surface area contributed by atoms with E-state index >= 15 is 0 Å². The summed E-state index contributed by atoms with van der Waals surface area (Å²) in [6.07, 6.45) is 9.00. The first-order chi connectivity index (χ1) is 10.0. The Hall–Kier alpha value is -1.28. The molecule has 0 aliphatic carbocycles. The molecule has 0 saturated heterocycles. The topological polar surface area (TPSA) is 21.3 Å². The second-order valence-corrected chi connectivity index (χ2v) is 6.48. The molecular weight excluding hydrogens is 258 g/mol. The molecule has 0 radical (unpaired) electrons. The van der Waals surface area contributed by atoms with Gasteiger partial charge in [0, 0.05) is 11.1 Å². The number of hydrogen-bond acceptors (Lipinski definition) is 2. The Balaban J connectivity index is 2.12. The maximum Gasteiger partial charge on any atom is 0.126 e. The second kappa shape index (κ2) is 9.62. The standard InChI is InChI=1S/C19H31NO/c1-5-12-17-13-8-9-14-18(17)21-16-11-7-6-10-15-20-19(2,3)4/h5,8-9,12-14,20H,6-7,10-11,15-16H2,1-4H3. The molecule has 1 rings (SSSR count). The number of hydrogen-bond donors (Lipinski definition) is 1. The summed E-state index contributed by atoms with van der Waals surface area (Å²) >= 11 is 0. The van der Waals surface area contributed by atoms with E-state index < -0.39 is 0 Å². The average Bonchev–Trinajstić information content (AvgIpc) is 2.42. The van der Waals surface area contributed by atoms with Gasteiger partial charge in [0.15, 0.2) is 0 Å². The highest BCUT2D eigenvalue weighted by Crippen LogP contribution is 2.19. The lowest BCUT2D eigenvalue weighted by Crippen LogP contribution is -2.36. The van der Waals surface area contributed by atoms with E-state index in [0.29, 0.717) is 0 Å². The summed E-state index contributed by atoms with van der Waals surface area (Å²) in [5.41, 5.74) is 1.40. The molecule has 2 heteroatoms. The van der Waals surface area contributed by atoms with Gasteiger partial charge in [-0.3, -0.25) is 0 Å². The van der Waals surface area contributed by atoms with Crippen LogP contribution in [0.5, 0.6) is 5.75 Å². The van der Waals surface area contributed by atoms with E-state index in [1.807, 2.05) is 31.2 Å². The molecule has 2 nitrogen and oxygen atoms in total. The van der Waals surface area contributed by atoms with Crippen molar-refractivity contribution in [2.24, 2.45) is 0 Å². The molecule has 1 aromatic carbocycles. The van der Waals surface area contributed by atoms with E-state index in [2.05, 4.69) is 38.2 Å². The van der Waals surface area contributed by atoms with Gasteiger partial charge >= 0.3 is 0 Å². The molecule has 1 N–H and O–H groups in total. The molecule has 1 aromatic rings. The molecule has 0 unspecified atom stereocenters. The van der Waals surface area contributed by atoms with Gasteiger partial charge in [-0.2, -0.15) is 0 Å². The monoisotopic (exact) mass is 289 g/mol. The molecule has 0 bridgehead atoms. The van der Waals surface area contributed by atoms with Crippen LogP contribution in [0.1, 0.15) is 58.9 Å². The molecule has 21 heavy (non-hydrogen) atoms. The predicted molar refractivity (Wildman–Crippen MR) is 92.9 cm³/mol. The largest absolute Gasteiger partial charge is 0.493 e. The second-order valence-electron chi connectivity index (χ2n) is 6.48. The van der Waals surface area contributed by atoms with Crippen LogP contribution in [0.3, 0.4) is 0 Å². The summed E-state index contributed by atoms with van der Waals surface area (Å²) in [7, 11) is 0. The number of para-hydroxylation sites is 1. The number of nitrogens with one attached hydrogen (secondary N) is 1. The highest BCUT2D eigenvalue weighted by atomic mass is 16.5. The van der Waals surface area contributed by atoms with E-state index in [4.69, 9.17) is 4.74 Å². The van der Waals surface area contributed by atoms with Crippen LogP contribution in [0.2, 0.25) is 0 Å². The fourth-order valence-corrected chi connectivity index (χ4v) is 2.16. The maximum absolute atomic E-state index is 5.88. The lowest BCUT2D eigenvalue weighted by molar-refractivity contribution is 0.303. The van der Waals surface area contributed by atoms with Gasteiger partial charge in [-0.25, -0.2) is 0 Å². The minimum atomic E-state index is 0.236. The van der Waals surface area contributed by atoms with Crippen molar-refractivity contribution >= 4 is 6.08 Å². The first-order valence-corrected chi connectivity index (χ1v) is 8.12. The SMILES string of the molecule is CC=Cc1ccccc1OCCCCCCNC(C)(C)C. The fourth-order valence-electron chi connectivity index (χ4n) is 2.16. The summed E-state index contributed by atoms with van der Waals surface area (Å²) in [5, 5.41) is 3.52. The zero-order chi connectivity index (χ0) is 15.6. The minimum Gasteiger partial charge on any atom is -0.493 e. The van der Waals surface area contributed by atoms with Gasteiger partial charge in [0.1, 0.15) is 5.75 Å². The maximum atomic E-state index is 5.88. The lowest BCUT2D eigenvalue weighted by Gasteiger charge is -2.20. The highest BCUT2D eigenvalue weighted by molar-refractivity contribution is 5.56. The van der Waals surface area contributed by atoms with Crippen LogP contribution in [0.4, 0.5) is 0 Å².